The average molecular weight is 431 g/mol. The molecule has 0 unspecified atom stereocenters. The third-order valence-corrected chi connectivity index (χ3v) is 5.25. The molecule has 170 valence electrons. The second-order valence-electron chi connectivity index (χ2n) is 7.76. The number of nitrogens with two attached hydrogens (primary N) is 1. The van der Waals surface area contributed by atoms with Crippen LogP contribution in [0.2, 0.25) is 0 Å². The Balaban J connectivity index is 2.38. The van der Waals surface area contributed by atoms with Crippen LogP contribution in [0, 0.1) is 13.8 Å². The van der Waals surface area contributed by atoms with Crippen LogP contribution in [0.5, 0.6) is 5.75 Å². The summed E-state index contributed by atoms with van der Waals surface area (Å²) in [6.07, 6.45) is 4.16. The quantitative estimate of drug-likeness (QED) is 0.532. The number of para-hydroxylation sites is 1. The van der Waals surface area contributed by atoms with E-state index in [1.807, 2.05) is 39.0 Å². The van der Waals surface area contributed by atoms with Crippen molar-refractivity contribution in [2.45, 2.75) is 66.3 Å². The summed E-state index contributed by atoms with van der Waals surface area (Å²) in [4.78, 5) is 41.7. The Morgan fingerprint density at radius 3 is 2.35 bits per heavy atom. The van der Waals surface area contributed by atoms with Crippen molar-refractivity contribution >= 4 is 17.4 Å². The average Bonchev–Trinajstić information content (AvgIpc) is 2.72. The van der Waals surface area contributed by atoms with Gasteiger partial charge in [0.05, 0.1) is 0 Å². The molecule has 1 heterocycles. The molecule has 0 saturated heterocycles. The van der Waals surface area contributed by atoms with Crippen LogP contribution in [0.15, 0.2) is 27.8 Å². The molecule has 8 heteroatoms. The fourth-order valence-corrected chi connectivity index (χ4v) is 3.50. The summed E-state index contributed by atoms with van der Waals surface area (Å²) in [5.41, 5.74) is 6.88. The molecule has 0 radical (unpaired) electrons. The summed E-state index contributed by atoms with van der Waals surface area (Å²) < 4.78 is 7.15. The molecular formula is C23H34N4O4. The van der Waals surface area contributed by atoms with Crippen LogP contribution in [-0.4, -0.2) is 28.6 Å². The predicted octanol–water partition coefficient (Wildman–Crippen LogP) is 3.14. The third-order valence-electron chi connectivity index (χ3n) is 5.25. The van der Waals surface area contributed by atoms with Gasteiger partial charge in [0.2, 0.25) is 0 Å². The number of rotatable bonds is 11. The van der Waals surface area contributed by atoms with E-state index >= 15 is 0 Å². The van der Waals surface area contributed by atoms with Crippen LogP contribution in [0.4, 0.5) is 11.5 Å². The number of carbonyl (C=O) groups excluding carboxylic acids is 1. The van der Waals surface area contributed by atoms with Crippen molar-refractivity contribution < 1.29 is 9.53 Å². The van der Waals surface area contributed by atoms with Crippen molar-refractivity contribution in [3.63, 3.8) is 0 Å². The highest BCUT2D eigenvalue weighted by molar-refractivity contribution is 5.96. The highest BCUT2D eigenvalue weighted by atomic mass is 16.5. The number of hydrogen-bond acceptors (Lipinski definition) is 5. The van der Waals surface area contributed by atoms with Gasteiger partial charge in [-0.3, -0.25) is 19.1 Å². The number of ether oxygens (including phenoxy) is 1. The number of aryl methyl sites for hydroxylation is 2. The first-order valence-corrected chi connectivity index (χ1v) is 10.9. The SMILES string of the molecule is CCCCCN(C(=O)COc1c(C)cccc1C)c1c(N)n(CCCC)c(=O)[nH]c1=O. The van der Waals surface area contributed by atoms with E-state index in [0.717, 1.165) is 36.8 Å². The summed E-state index contributed by atoms with van der Waals surface area (Å²) >= 11 is 0. The molecule has 1 aromatic carbocycles. The molecule has 2 rings (SSSR count). The Kier molecular flexibility index (Phi) is 8.90. The van der Waals surface area contributed by atoms with Crippen molar-refractivity contribution in [3.05, 3.63) is 50.2 Å². The molecular weight excluding hydrogens is 396 g/mol. The van der Waals surface area contributed by atoms with Crippen molar-refractivity contribution in [3.8, 4) is 5.75 Å². The van der Waals surface area contributed by atoms with Crippen LogP contribution < -0.4 is 26.6 Å². The van der Waals surface area contributed by atoms with Gasteiger partial charge in [-0.15, -0.1) is 0 Å². The van der Waals surface area contributed by atoms with Crippen LogP contribution in [-0.2, 0) is 11.3 Å². The topological polar surface area (TPSA) is 110 Å². The van der Waals surface area contributed by atoms with Gasteiger partial charge in [-0.05, 0) is 37.8 Å². The third kappa shape index (κ3) is 5.99. The minimum Gasteiger partial charge on any atom is -0.483 e. The minimum absolute atomic E-state index is 0.0131. The van der Waals surface area contributed by atoms with Crippen molar-refractivity contribution in [1.29, 1.82) is 0 Å². The lowest BCUT2D eigenvalue weighted by atomic mass is 10.1. The van der Waals surface area contributed by atoms with Gasteiger partial charge >= 0.3 is 5.69 Å². The number of aromatic amines is 1. The predicted molar refractivity (Wildman–Crippen MR) is 124 cm³/mol. The zero-order chi connectivity index (χ0) is 23.0. The standard InChI is InChI=1S/C23H34N4O4/c1-5-7-9-14-26(18(28)15-31-20-16(3)11-10-12-17(20)4)19-21(24)27(13-8-6-2)23(30)25-22(19)29/h10-12H,5-9,13-15,24H2,1-4H3,(H,25,29,30). The van der Waals surface area contributed by atoms with Gasteiger partial charge in [0.1, 0.15) is 11.6 Å². The first-order valence-electron chi connectivity index (χ1n) is 10.9. The Labute approximate surface area is 183 Å². The smallest absolute Gasteiger partial charge is 0.330 e. The summed E-state index contributed by atoms with van der Waals surface area (Å²) in [5, 5.41) is 0. The summed E-state index contributed by atoms with van der Waals surface area (Å²) in [6, 6.07) is 5.76. The number of nitrogen functional groups attached to an aromatic ring is 1. The number of amides is 1. The molecule has 1 aromatic heterocycles. The Hall–Kier alpha value is -3.03. The van der Waals surface area contributed by atoms with E-state index in [1.54, 1.807) is 0 Å². The van der Waals surface area contributed by atoms with E-state index < -0.39 is 11.2 Å². The van der Waals surface area contributed by atoms with E-state index in [9.17, 15) is 14.4 Å². The summed E-state index contributed by atoms with van der Waals surface area (Å²) in [6.45, 7) is 8.35. The monoisotopic (exact) mass is 430 g/mol. The number of nitrogens with one attached hydrogen (secondary N) is 1. The number of nitrogens with zero attached hydrogens (tertiary/aromatic N) is 2. The highest BCUT2D eigenvalue weighted by Crippen LogP contribution is 2.23. The molecule has 1 amide bonds. The number of H-pyrrole nitrogens is 1. The lowest BCUT2D eigenvalue weighted by Gasteiger charge is -2.25. The molecule has 0 atom stereocenters. The second-order valence-corrected chi connectivity index (χ2v) is 7.76. The maximum atomic E-state index is 13.2. The fourth-order valence-electron chi connectivity index (χ4n) is 3.50. The summed E-state index contributed by atoms with van der Waals surface area (Å²) in [5.74, 6) is 0.287. The second kappa shape index (κ2) is 11.4. The highest BCUT2D eigenvalue weighted by Gasteiger charge is 2.24. The zero-order valence-electron chi connectivity index (χ0n) is 19.0. The molecule has 2 aromatic rings. The van der Waals surface area contributed by atoms with Crippen molar-refractivity contribution in [2.75, 3.05) is 23.8 Å². The normalized spacial score (nSPS) is 10.8. The number of benzene rings is 1. The van der Waals surface area contributed by atoms with Crippen molar-refractivity contribution in [1.82, 2.24) is 9.55 Å². The Morgan fingerprint density at radius 2 is 1.74 bits per heavy atom. The van der Waals surface area contributed by atoms with E-state index in [0.29, 0.717) is 25.3 Å². The van der Waals surface area contributed by atoms with Gasteiger partial charge in [0.25, 0.3) is 11.5 Å². The van der Waals surface area contributed by atoms with Gasteiger partial charge < -0.3 is 15.4 Å². The molecule has 0 saturated carbocycles. The Bertz CT molecular complexity index is 989. The number of hydrogen-bond donors (Lipinski definition) is 2. The molecule has 31 heavy (non-hydrogen) atoms. The van der Waals surface area contributed by atoms with E-state index in [4.69, 9.17) is 10.5 Å². The molecule has 0 fully saturated rings. The maximum absolute atomic E-state index is 13.2. The van der Waals surface area contributed by atoms with Crippen LogP contribution in [0.1, 0.15) is 57.1 Å². The fraction of sp³-hybridized carbons (Fsp3) is 0.522. The number of aromatic nitrogens is 2. The van der Waals surface area contributed by atoms with Gasteiger partial charge in [0.15, 0.2) is 12.3 Å². The van der Waals surface area contributed by atoms with E-state index in [-0.39, 0.29) is 24.0 Å². The van der Waals surface area contributed by atoms with Gasteiger partial charge in [-0.2, -0.15) is 0 Å². The molecule has 0 bridgehead atoms. The molecule has 0 spiro atoms. The van der Waals surface area contributed by atoms with Gasteiger partial charge in [-0.25, -0.2) is 4.79 Å². The lowest BCUT2D eigenvalue weighted by Crippen LogP contribution is -2.43. The number of carbonyl (C=O) groups is 1. The van der Waals surface area contributed by atoms with Crippen LogP contribution in [0.3, 0.4) is 0 Å². The van der Waals surface area contributed by atoms with E-state index in [1.165, 1.54) is 9.47 Å². The van der Waals surface area contributed by atoms with Crippen LogP contribution >= 0.6 is 0 Å². The maximum Gasteiger partial charge on any atom is 0.330 e. The largest absolute Gasteiger partial charge is 0.483 e. The first kappa shape index (κ1) is 24.2. The minimum atomic E-state index is -0.660. The zero-order valence-corrected chi connectivity index (χ0v) is 19.0. The van der Waals surface area contributed by atoms with Crippen LogP contribution in [0.25, 0.3) is 0 Å². The summed E-state index contributed by atoms with van der Waals surface area (Å²) in [7, 11) is 0. The first-order chi connectivity index (χ1) is 14.8. The lowest BCUT2D eigenvalue weighted by molar-refractivity contribution is -0.120. The number of anilines is 2. The molecule has 0 aliphatic rings. The van der Waals surface area contributed by atoms with Gasteiger partial charge in [0, 0.05) is 13.1 Å². The van der Waals surface area contributed by atoms with Gasteiger partial charge in [-0.1, -0.05) is 51.3 Å². The molecule has 0 aliphatic carbocycles. The Morgan fingerprint density at radius 1 is 1.10 bits per heavy atom. The number of unbranched alkanes of at least 4 members (excludes halogenated alkanes) is 3. The molecule has 8 nitrogen and oxygen atoms in total. The van der Waals surface area contributed by atoms with Crippen molar-refractivity contribution in [2.24, 2.45) is 0 Å². The molecule has 3 N–H and O–H groups in total. The van der Waals surface area contributed by atoms with E-state index in [2.05, 4.69) is 11.9 Å². The molecule has 0 aliphatic heterocycles.